The molecule has 5 heteroatoms. The van der Waals surface area contributed by atoms with Crippen LogP contribution >= 0.6 is 11.6 Å². The molecule has 0 spiro atoms. The Hall–Kier alpha value is -1.94. The van der Waals surface area contributed by atoms with Crippen LogP contribution in [0.1, 0.15) is 15.9 Å². The number of rotatable bonds is 2. The lowest BCUT2D eigenvalue weighted by Gasteiger charge is -2.07. The third-order valence-electron chi connectivity index (χ3n) is 2.59. The Morgan fingerprint density at radius 3 is 2.58 bits per heavy atom. The van der Waals surface area contributed by atoms with E-state index in [0.29, 0.717) is 10.7 Å². The summed E-state index contributed by atoms with van der Waals surface area (Å²) in [6.07, 6.45) is 0. The van der Waals surface area contributed by atoms with Gasteiger partial charge in [0.15, 0.2) is 0 Å². The number of amides is 1. The standard InChI is InChI=1S/C14H10ClF2NO/c1-8-6-10(3-4-12(8)15)18-14(19)11-7-9(16)2-5-13(11)17/h2-7H,1H3,(H,18,19). The summed E-state index contributed by atoms with van der Waals surface area (Å²) in [5, 5.41) is 3.05. The number of benzene rings is 2. The van der Waals surface area contributed by atoms with Crippen molar-refractivity contribution >= 4 is 23.2 Å². The van der Waals surface area contributed by atoms with E-state index in [2.05, 4.69) is 5.32 Å². The van der Waals surface area contributed by atoms with Gasteiger partial charge in [-0.15, -0.1) is 0 Å². The molecule has 0 aliphatic carbocycles. The highest BCUT2D eigenvalue weighted by molar-refractivity contribution is 6.31. The maximum Gasteiger partial charge on any atom is 0.258 e. The van der Waals surface area contributed by atoms with Crippen molar-refractivity contribution in [3.05, 3.63) is 64.2 Å². The van der Waals surface area contributed by atoms with Gasteiger partial charge >= 0.3 is 0 Å². The van der Waals surface area contributed by atoms with Crippen LogP contribution in [-0.2, 0) is 0 Å². The second kappa shape index (κ2) is 5.36. The summed E-state index contributed by atoms with van der Waals surface area (Å²) >= 11 is 5.86. The molecule has 2 aromatic carbocycles. The lowest BCUT2D eigenvalue weighted by Crippen LogP contribution is -2.14. The lowest BCUT2D eigenvalue weighted by molar-refractivity contribution is 0.102. The Morgan fingerprint density at radius 2 is 1.89 bits per heavy atom. The third-order valence-corrected chi connectivity index (χ3v) is 3.01. The van der Waals surface area contributed by atoms with Crippen molar-refractivity contribution < 1.29 is 13.6 Å². The van der Waals surface area contributed by atoms with Gasteiger partial charge in [-0.05, 0) is 48.9 Å². The van der Waals surface area contributed by atoms with Gasteiger partial charge in [0, 0.05) is 10.7 Å². The van der Waals surface area contributed by atoms with E-state index >= 15 is 0 Å². The predicted molar refractivity (Wildman–Crippen MR) is 70.5 cm³/mol. The van der Waals surface area contributed by atoms with Crippen LogP contribution in [0.3, 0.4) is 0 Å². The molecule has 2 aromatic rings. The molecule has 0 saturated carbocycles. The molecule has 2 rings (SSSR count). The smallest absolute Gasteiger partial charge is 0.258 e. The maximum atomic E-state index is 13.4. The largest absolute Gasteiger partial charge is 0.322 e. The fraction of sp³-hybridized carbons (Fsp3) is 0.0714. The van der Waals surface area contributed by atoms with E-state index in [1.54, 1.807) is 25.1 Å². The van der Waals surface area contributed by atoms with Crippen molar-refractivity contribution in [2.24, 2.45) is 0 Å². The number of carbonyl (C=O) groups excluding carboxylic acids is 1. The predicted octanol–water partition coefficient (Wildman–Crippen LogP) is 4.18. The molecule has 0 radical (unpaired) electrons. The van der Waals surface area contributed by atoms with Crippen LogP contribution < -0.4 is 5.32 Å². The molecule has 0 aliphatic rings. The molecule has 1 N–H and O–H groups in total. The number of carbonyl (C=O) groups is 1. The van der Waals surface area contributed by atoms with Crippen molar-refractivity contribution in [2.45, 2.75) is 6.92 Å². The van der Waals surface area contributed by atoms with Crippen LogP contribution in [0.25, 0.3) is 0 Å². The van der Waals surface area contributed by atoms with Crippen molar-refractivity contribution in [1.82, 2.24) is 0 Å². The number of hydrogen-bond donors (Lipinski definition) is 1. The Bertz CT molecular complexity index is 643. The zero-order valence-electron chi connectivity index (χ0n) is 10.0. The van der Waals surface area contributed by atoms with Crippen molar-refractivity contribution in [3.63, 3.8) is 0 Å². The maximum absolute atomic E-state index is 13.4. The molecule has 0 unspecified atom stereocenters. The second-order valence-electron chi connectivity index (χ2n) is 4.04. The van der Waals surface area contributed by atoms with Crippen LogP contribution in [0.2, 0.25) is 5.02 Å². The van der Waals surface area contributed by atoms with Gasteiger partial charge in [-0.2, -0.15) is 0 Å². The summed E-state index contributed by atoms with van der Waals surface area (Å²) in [6, 6.07) is 7.58. The van der Waals surface area contributed by atoms with E-state index in [1.807, 2.05) is 0 Å². The average Bonchev–Trinajstić information content (AvgIpc) is 2.36. The van der Waals surface area contributed by atoms with Gasteiger partial charge in [0.1, 0.15) is 11.6 Å². The first-order chi connectivity index (χ1) is 8.97. The highest BCUT2D eigenvalue weighted by atomic mass is 35.5. The zero-order valence-corrected chi connectivity index (χ0v) is 10.8. The molecule has 1 amide bonds. The molecule has 0 aromatic heterocycles. The van der Waals surface area contributed by atoms with E-state index in [-0.39, 0.29) is 5.56 Å². The normalized spacial score (nSPS) is 10.3. The van der Waals surface area contributed by atoms with Gasteiger partial charge in [-0.1, -0.05) is 11.6 Å². The number of hydrogen-bond acceptors (Lipinski definition) is 1. The first kappa shape index (κ1) is 13.5. The highest BCUT2D eigenvalue weighted by Gasteiger charge is 2.13. The van der Waals surface area contributed by atoms with Crippen molar-refractivity contribution in [1.29, 1.82) is 0 Å². The van der Waals surface area contributed by atoms with Gasteiger partial charge in [0.2, 0.25) is 0 Å². The third kappa shape index (κ3) is 3.09. The first-order valence-corrected chi connectivity index (χ1v) is 5.88. The van der Waals surface area contributed by atoms with Crippen LogP contribution in [-0.4, -0.2) is 5.91 Å². The monoisotopic (exact) mass is 281 g/mol. The van der Waals surface area contributed by atoms with Crippen molar-refractivity contribution in [2.75, 3.05) is 5.32 Å². The van der Waals surface area contributed by atoms with Crippen LogP contribution in [0.4, 0.5) is 14.5 Å². The first-order valence-electron chi connectivity index (χ1n) is 5.50. The van der Waals surface area contributed by atoms with Crippen LogP contribution in [0, 0.1) is 18.6 Å². The quantitative estimate of drug-likeness (QED) is 0.879. The van der Waals surface area contributed by atoms with Crippen LogP contribution in [0.5, 0.6) is 0 Å². The lowest BCUT2D eigenvalue weighted by atomic mass is 10.1. The minimum absolute atomic E-state index is 0.340. The fourth-order valence-corrected chi connectivity index (χ4v) is 1.71. The van der Waals surface area contributed by atoms with E-state index < -0.39 is 17.5 Å². The number of aryl methyl sites for hydroxylation is 1. The fourth-order valence-electron chi connectivity index (χ4n) is 1.59. The molecular weight excluding hydrogens is 272 g/mol. The Balaban J connectivity index is 2.25. The summed E-state index contributed by atoms with van der Waals surface area (Å²) in [6.45, 7) is 1.78. The number of halogens is 3. The summed E-state index contributed by atoms with van der Waals surface area (Å²) in [7, 11) is 0. The highest BCUT2D eigenvalue weighted by Crippen LogP contribution is 2.20. The molecule has 0 aliphatic heterocycles. The Labute approximate surface area is 114 Å². The molecule has 0 fully saturated rings. The molecule has 0 atom stereocenters. The molecular formula is C14H10ClF2NO. The van der Waals surface area contributed by atoms with E-state index in [4.69, 9.17) is 11.6 Å². The van der Waals surface area contributed by atoms with Gasteiger partial charge in [-0.3, -0.25) is 4.79 Å². The molecule has 0 bridgehead atoms. The Kier molecular flexibility index (Phi) is 3.81. The van der Waals surface area contributed by atoms with Gasteiger partial charge in [-0.25, -0.2) is 8.78 Å². The van der Waals surface area contributed by atoms with E-state index in [1.165, 1.54) is 0 Å². The summed E-state index contributed by atoms with van der Waals surface area (Å²) in [5.74, 6) is -2.15. The minimum Gasteiger partial charge on any atom is -0.322 e. The molecule has 98 valence electrons. The second-order valence-corrected chi connectivity index (χ2v) is 4.45. The van der Waals surface area contributed by atoms with Gasteiger partial charge in [0.25, 0.3) is 5.91 Å². The molecule has 19 heavy (non-hydrogen) atoms. The zero-order chi connectivity index (χ0) is 14.0. The van der Waals surface area contributed by atoms with Crippen LogP contribution in [0.15, 0.2) is 36.4 Å². The average molecular weight is 282 g/mol. The Morgan fingerprint density at radius 1 is 1.16 bits per heavy atom. The van der Waals surface area contributed by atoms with E-state index in [0.717, 1.165) is 23.8 Å². The molecule has 0 heterocycles. The molecule has 0 saturated heterocycles. The summed E-state index contributed by atoms with van der Waals surface area (Å²) < 4.78 is 26.4. The minimum atomic E-state index is -0.774. The van der Waals surface area contributed by atoms with E-state index in [9.17, 15) is 13.6 Å². The SMILES string of the molecule is Cc1cc(NC(=O)c2cc(F)ccc2F)ccc1Cl. The molecule has 2 nitrogen and oxygen atoms in total. The number of anilines is 1. The topological polar surface area (TPSA) is 29.1 Å². The van der Waals surface area contributed by atoms with Crippen molar-refractivity contribution in [3.8, 4) is 0 Å². The van der Waals surface area contributed by atoms with Gasteiger partial charge < -0.3 is 5.32 Å². The summed E-state index contributed by atoms with van der Waals surface area (Å²) in [4.78, 5) is 11.8. The van der Waals surface area contributed by atoms with Gasteiger partial charge in [0.05, 0.1) is 5.56 Å². The summed E-state index contributed by atoms with van der Waals surface area (Å²) in [5.41, 5.74) is 0.905. The number of nitrogens with one attached hydrogen (secondary N) is 1.